The number of nitrogens with one attached hydrogen (secondary N) is 2. The zero-order chi connectivity index (χ0) is 13.8. The van der Waals surface area contributed by atoms with Crippen molar-refractivity contribution in [1.29, 1.82) is 0 Å². The number of nitrogens with zero attached hydrogens (tertiary/aromatic N) is 1. The van der Waals surface area contributed by atoms with Gasteiger partial charge in [0.1, 0.15) is 0 Å². The highest BCUT2D eigenvalue weighted by atomic mass is 32.2. The average Bonchev–Trinajstić information content (AvgIpc) is 3.11. The summed E-state index contributed by atoms with van der Waals surface area (Å²) in [7, 11) is 0. The maximum atomic E-state index is 4.92. The fourth-order valence-corrected chi connectivity index (χ4v) is 4.82. The van der Waals surface area contributed by atoms with E-state index in [1.165, 1.54) is 50.7 Å². The maximum absolute atomic E-state index is 4.92. The number of thioether (sulfide) groups is 1. The summed E-state index contributed by atoms with van der Waals surface area (Å²) in [5.41, 5.74) is 0.588. The number of hydrogen-bond acceptors (Lipinski definition) is 2. The summed E-state index contributed by atoms with van der Waals surface area (Å²) in [6.45, 7) is 5.24. The van der Waals surface area contributed by atoms with Gasteiger partial charge in [-0.05, 0) is 62.5 Å². The molecule has 2 N–H and O–H groups in total. The number of aliphatic imine (C=N–C) groups is 1. The maximum Gasteiger partial charge on any atom is 0.191 e. The summed E-state index contributed by atoms with van der Waals surface area (Å²) in [5.74, 6) is 3.38. The zero-order valence-corrected chi connectivity index (χ0v) is 13.6. The Balaban J connectivity index is 1.50. The van der Waals surface area contributed by atoms with E-state index in [4.69, 9.17) is 4.99 Å². The molecule has 1 unspecified atom stereocenters. The van der Waals surface area contributed by atoms with Crippen LogP contribution in [0.4, 0.5) is 0 Å². The SMILES string of the molecule is CCNC(=NCC1(C2CC2)CCC1)NCC1CCCS1. The lowest BCUT2D eigenvalue weighted by Gasteiger charge is -2.41. The van der Waals surface area contributed by atoms with Gasteiger partial charge in [-0.25, -0.2) is 0 Å². The summed E-state index contributed by atoms with van der Waals surface area (Å²) < 4.78 is 0. The zero-order valence-electron chi connectivity index (χ0n) is 12.8. The smallest absolute Gasteiger partial charge is 0.191 e. The minimum absolute atomic E-state index is 0.588. The second kappa shape index (κ2) is 6.59. The normalized spacial score (nSPS) is 29.1. The highest BCUT2D eigenvalue weighted by Gasteiger charge is 2.48. The lowest BCUT2D eigenvalue weighted by Crippen LogP contribution is -2.42. The number of rotatable bonds is 6. The van der Waals surface area contributed by atoms with Crippen LogP contribution >= 0.6 is 11.8 Å². The Morgan fingerprint density at radius 2 is 2.05 bits per heavy atom. The van der Waals surface area contributed by atoms with Gasteiger partial charge < -0.3 is 10.6 Å². The fraction of sp³-hybridized carbons (Fsp3) is 0.938. The van der Waals surface area contributed by atoms with Gasteiger partial charge in [0.05, 0.1) is 0 Å². The molecule has 0 aromatic carbocycles. The fourth-order valence-electron chi connectivity index (χ4n) is 3.62. The molecule has 3 nitrogen and oxygen atoms in total. The Morgan fingerprint density at radius 1 is 1.20 bits per heavy atom. The molecule has 2 aliphatic carbocycles. The number of hydrogen-bond donors (Lipinski definition) is 2. The first-order chi connectivity index (χ1) is 9.82. The molecule has 1 atom stereocenters. The van der Waals surface area contributed by atoms with Crippen molar-refractivity contribution in [2.75, 3.05) is 25.4 Å². The second-order valence-electron chi connectivity index (χ2n) is 6.70. The van der Waals surface area contributed by atoms with Crippen LogP contribution in [0, 0.1) is 11.3 Å². The first-order valence-electron chi connectivity index (χ1n) is 8.46. The van der Waals surface area contributed by atoms with Crippen LogP contribution in [-0.2, 0) is 0 Å². The summed E-state index contributed by atoms with van der Waals surface area (Å²) in [5, 5.41) is 7.77. The van der Waals surface area contributed by atoms with Crippen molar-refractivity contribution in [3.63, 3.8) is 0 Å². The number of guanidine groups is 1. The van der Waals surface area contributed by atoms with Crippen LogP contribution in [-0.4, -0.2) is 36.6 Å². The van der Waals surface area contributed by atoms with Crippen molar-refractivity contribution in [1.82, 2.24) is 10.6 Å². The van der Waals surface area contributed by atoms with E-state index < -0.39 is 0 Å². The molecule has 3 fully saturated rings. The first-order valence-corrected chi connectivity index (χ1v) is 9.51. The van der Waals surface area contributed by atoms with Crippen molar-refractivity contribution < 1.29 is 0 Å². The lowest BCUT2D eigenvalue weighted by molar-refractivity contribution is 0.113. The molecule has 114 valence electrons. The molecular weight excluding hydrogens is 266 g/mol. The standard InChI is InChI=1S/C16H29N3S/c1-2-17-15(18-11-14-5-3-10-20-14)19-12-16(8-4-9-16)13-6-7-13/h13-14H,2-12H2,1H3,(H2,17,18,19). The third-order valence-corrected chi connectivity index (χ3v) is 6.61. The van der Waals surface area contributed by atoms with Gasteiger partial charge in [0.15, 0.2) is 5.96 Å². The first kappa shape index (κ1) is 14.6. The molecule has 0 spiro atoms. The van der Waals surface area contributed by atoms with Gasteiger partial charge in [0.25, 0.3) is 0 Å². The minimum Gasteiger partial charge on any atom is -0.357 e. The molecule has 2 saturated carbocycles. The summed E-state index contributed by atoms with van der Waals surface area (Å²) in [4.78, 5) is 4.92. The van der Waals surface area contributed by atoms with E-state index in [1.54, 1.807) is 0 Å². The van der Waals surface area contributed by atoms with Crippen LogP contribution in [0.2, 0.25) is 0 Å². The molecule has 1 saturated heterocycles. The largest absolute Gasteiger partial charge is 0.357 e. The van der Waals surface area contributed by atoms with Gasteiger partial charge in [-0.15, -0.1) is 0 Å². The van der Waals surface area contributed by atoms with Crippen LogP contribution in [0.3, 0.4) is 0 Å². The lowest BCUT2D eigenvalue weighted by atomic mass is 9.65. The molecule has 0 amide bonds. The molecule has 0 radical (unpaired) electrons. The third kappa shape index (κ3) is 3.44. The van der Waals surface area contributed by atoms with E-state index in [0.29, 0.717) is 5.41 Å². The second-order valence-corrected chi connectivity index (χ2v) is 8.11. The van der Waals surface area contributed by atoms with Crippen LogP contribution in [0.25, 0.3) is 0 Å². The molecular formula is C16H29N3S. The summed E-state index contributed by atoms with van der Waals surface area (Å²) >= 11 is 2.11. The molecule has 1 aliphatic heterocycles. The van der Waals surface area contributed by atoms with E-state index in [2.05, 4.69) is 29.3 Å². The van der Waals surface area contributed by atoms with Crippen molar-refractivity contribution in [3.8, 4) is 0 Å². The minimum atomic E-state index is 0.588. The van der Waals surface area contributed by atoms with Gasteiger partial charge in [-0.1, -0.05) is 6.42 Å². The predicted molar refractivity (Wildman–Crippen MR) is 88.5 cm³/mol. The molecule has 3 aliphatic rings. The quantitative estimate of drug-likeness (QED) is 0.584. The Morgan fingerprint density at radius 3 is 2.60 bits per heavy atom. The molecule has 3 rings (SSSR count). The van der Waals surface area contributed by atoms with Crippen LogP contribution < -0.4 is 10.6 Å². The molecule has 4 heteroatoms. The van der Waals surface area contributed by atoms with Gasteiger partial charge >= 0.3 is 0 Å². The molecule has 0 aromatic heterocycles. The van der Waals surface area contributed by atoms with Crippen molar-refractivity contribution >= 4 is 17.7 Å². The highest BCUT2D eigenvalue weighted by molar-refractivity contribution is 8.00. The Hall–Kier alpha value is -0.380. The van der Waals surface area contributed by atoms with E-state index in [0.717, 1.165) is 36.8 Å². The van der Waals surface area contributed by atoms with Crippen molar-refractivity contribution in [2.24, 2.45) is 16.3 Å². The Bertz CT molecular complexity index is 342. The monoisotopic (exact) mass is 295 g/mol. The highest BCUT2D eigenvalue weighted by Crippen LogP contribution is 2.57. The molecule has 1 heterocycles. The van der Waals surface area contributed by atoms with E-state index in [-0.39, 0.29) is 0 Å². The average molecular weight is 295 g/mol. The van der Waals surface area contributed by atoms with Gasteiger partial charge in [0, 0.05) is 24.9 Å². The van der Waals surface area contributed by atoms with Crippen molar-refractivity contribution in [2.45, 2.75) is 57.1 Å². The van der Waals surface area contributed by atoms with E-state index in [9.17, 15) is 0 Å². The van der Waals surface area contributed by atoms with Crippen molar-refractivity contribution in [3.05, 3.63) is 0 Å². The van der Waals surface area contributed by atoms with Gasteiger partial charge in [-0.2, -0.15) is 11.8 Å². The summed E-state index contributed by atoms with van der Waals surface area (Å²) in [6.07, 6.45) is 9.92. The molecule has 0 bridgehead atoms. The third-order valence-electron chi connectivity index (χ3n) is 5.21. The topological polar surface area (TPSA) is 36.4 Å². The Kier molecular flexibility index (Phi) is 4.79. The summed E-state index contributed by atoms with van der Waals surface area (Å²) in [6, 6.07) is 0. The van der Waals surface area contributed by atoms with Crippen LogP contribution in [0.1, 0.15) is 51.9 Å². The van der Waals surface area contributed by atoms with Gasteiger partial charge in [-0.3, -0.25) is 4.99 Å². The molecule has 0 aromatic rings. The van der Waals surface area contributed by atoms with E-state index in [1.807, 2.05) is 0 Å². The van der Waals surface area contributed by atoms with E-state index >= 15 is 0 Å². The Labute approximate surface area is 127 Å². The van der Waals surface area contributed by atoms with Gasteiger partial charge in [0.2, 0.25) is 0 Å². The van der Waals surface area contributed by atoms with Crippen LogP contribution in [0.15, 0.2) is 4.99 Å². The molecule has 20 heavy (non-hydrogen) atoms. The van der Waals surface area contributed by atoms with Crippen LogP contribution in [0.5, 0.6) is 0 Å². The predicted octanol–water partition coefficient (Wildman–Crippen LogP) is 3.02.